The predicted octanol–water partition coefficient (Wildman–Crippen LogP) is 2.08. The van der Waals surface area contributed by atoms with Crippen molar-refractivity contribution in [1.29, 1.82) is 5.26 Å². The summed E-state index contributed by atoms with van der Waals surface area (Å²) in [5, 5.41) is 9.21. The highest BCUT2D eigenvalue weighted by atomic mass is 32.2. The van der Waals surface area contributed by atoms with E-state index < -0.39 is 10.0 Å². The smallest absolute Gasteiger partial charge is 0.243 e. The summed E-state index contributed by atoms with van der Waals surface area (Å²) in [5.74, 6) is 0.619. The van der Waals surface area contributed by atoms with E-state index in [1.807, 2.05) is 30.9 Å². The number of piperazine rings is 1. The molecular formula is C18H20N4O2S. The first-order valence-electron chi connectivity index (χ1n) is 8.11. The van der Waals surface area contributed by atoms with Crippen LogP contribution in [0.15, 0.2) is 41.4 Å². The second-order valence-corrected chi connectivity index (χ2v) is 8.05. The largest absolute Gasteiger partial charge is 0.353 e. The van der Waals surface area contributed by atoms with E-state index in [0.29, 0.717) is 42.5 Å². The number of hydrogen-bond donors (Lipinski definition) is 0. The van der Waals surface area contributed by atoms with E-state index in [2.05, 4.69) is 11.1 Å². The maximum atomic E-state index is 12.9. The van der Waals surface area contributed by atoms with E-state index >= 15 is 0 Å². The summed E-state index contributed by atoms with van der Waals surface area (Å²) in [6.45, 7) is 5.53. The number of aryl methyl sites for hydroxylation is 2. The zero-order valence-corrected chi connectivity index (χ0v) is 15.1. The fourth-order valence-corrected chi connectivity index (χ4v) is 4.73. The SMILES string of the molecule is Cc1ccc(S(=O)(=O)N2CCN(c3ncccc3C#N)CC2)c(C)c1. The van der Waals surface area contributed by atoms with Crippen molar-refractivity contribution in [1.82, 2.24) is 9.29 Å². The van der Waals surface area contributed by atoms with E-state index in [1.54, 1.807) is 24.4 Å². The second-order valence-electron chi connectivity index (χ2n) is 6.15. The minimum Gasteiger partial charge on any atom is -0.353 e. The quantitative estimate of drug-likeness (QED) is 0.841. The molecule has 25 heavy (non-hydrogen) atoms. The third-order valence-electron chi connectivity index (χ3n) is 4.39. The van der Waals surface area contributed by atoms with Gasteiger partial charge < -0.3 is 4.90 Å². The molecule has 0 bridgehead atoms. The highest BCUT2D eigenvalue weighted by molar-refractivity contribution is 7.89. The Morgan fingerprint density at radius 1 is 1.12 bits per heavy atom. The van der Waals surface area contributed by atoms with E-state index in [1.165, 1.54) is 4.31 Å². The first-order chi connectivity index (χ1) is 11.9. The van der Waals surface area contributed by atoms with Gasteiger partial charge in [0.25, 0.3) is 0 Å². The molecule has 0 unspecified atom stereocenters. The maximum Gasteiger partial charge on any atom is 0.243 e. The number of benzene rings is 1. The first kappa shape index (κ1) is 17.4. The third kappa shape index (κ3) is 3.36. The van der Waals surface area contributed by atoms with Crippen molar-refractivity contribution in [2.45, 2.75) is 18.7 Å². The van der Waals surface area contributed by atoms with Gasteiger partial charge in [0.05, 0.1) is 10.5 Å². The third-order valence-corrected chi connectivity index (χ3v) is 6.45. The number of rotatable bonds is 3. The topological polar surface area (TPSA) is 77.3 Å². The molecule has 1 fully saturated rings. The minimum absolute atomic E-state index is 0.363. The molecule has 0 spiro atoms. The number of aromatic nitrogens is 1. The van der Waals surface area contributed by atoms with Gasteiger partial charge in [-0.05, 0) is 37.6 Å². The Labute approximate surface area is 148 Å². The van der Waals surface area contributed by atoms with Crippen LogP contribution in [0.3, 0.4) is 0 Å². The molecule has 130 valence electrons. The van der Waals surface area contributed by atoms with Crippen LogP contribution in [-0.4, -0.2) is 43.9 Å². The van der Waals surface area contributed by atoms with Gasteiger partial charge in [-0.25, -0.2) is 13.4 Å². The lowest BCUT2D eigenvalue weighted by molar-refractivity contribution is 0.383. The van der Waals surface area contributed by atoms with Crippen LogP contribution in [0.2, 0.25) is 0 Å². The Hall–Kier alpha value is -2.43. The van der Waals surface area contributed by atoms with Gasteiger partial charge in [0.2, 0.25) is 10.0 Å². The molecule has 0 radical (unpaired) electrons. The van der Waals surface area contributed by atoms with Gasteiger partial charge in [-0.3, -0.25) is 0 Å². The van der Waals surface area contributed by atoms with Crippen LogP contribution in [0.4, 0.5) is 5.82 Å². The van der Waals surface area contributed by atoms with Crippen LogP contribution in [0.1, 0.15) is 16.7 Å². The highest BCUT2D eigenvalue weighted by Crippen LogP contribution is 2.24. The molecule has 2 heterocycles. The Morgan fingerprint density at radius 3 is 2.48 bits per heavy atom. The normalized spacial score (nSPS) is 15.8. The number of anilines is 1. The summed E-state index contributed by atoms with van der Waals surface area (Å²) in [6.07, 6.45) is 1.65. The van der Waals surface area contributed by atoms with Gasteiger partial charge >= 0.3 is 0 Å². The molecule has 6 nitrogen and oxygen atoms in total. The highest BCUT2D eigenvalue weighted by Gasteiger charge is 2.30. The number of nitrogens with zero attached hydrogens (tertiary/aromatic N) is 4. The fourth-order valence-electron chi connectivity index (χ4n) is 3.10. The van der Waals surface area contributed by atoms with Crippen LogP contribution < -0.4 is 4.90 Å². The van der Waals surface area contributed by atoms with Crippen molar-refractivity contribution in [3.8, 4) is 6.07 Å². The van der Waals surface area contributed by atoms with Crippen LogP contribution in [0.25, 0.3) is 0 Å². The second kappa shape index (κ2) is 6.82. The molecule has 2 aromatic rings. The van der Waals surface area contributed by atoms with Crippen LogP contribution >= 0.6 is 0 Å². The maximum absolute atomic E-state index is 12.9. The summed E-state index contributed by atoms with van der Waals surface area (Å²) in [7, 11) is -3.51. The number of sulfonamides is 1. The van der Waals surface area contributed by atoms with E-state index in [0.717, 1.165) is 11.1 Å². The Kier molecular flexibility index (Phi) is 4.75. The van der Waals surface area contributed by atoms with E-state index in [9.17, 15) is 13.7 Å². The van der Waals surface area contributed by atoms with Crippen molar-refractivity contribution in [2.24, 2.45) is 0 Å². The molecule has 1 aromatic carbocycles. The van der Waals surface area contributed by atoms with Gasteiger partial charge in [0, 0.05) is 32.4 Å². The summed E-state index contributed by atoms with van der Waals surface area (Å²) >= 11 is 0. The van der Waals surface area contributed by atoms with Crippen molar-refractivity contribution in [3.05, 3.63) is 53.2 Å². The molecule has 0 aliphatic carbocycles. The van der Waals surface area contributed by atoms with Crippen LogP contribution in [0.5, 0.6) is 0 Å². The van der Waals surface area contributed by atoms with Crippen molar-refractivity contribution >= 4 is 15.8 Å². The van der Waals surface area contributed by atoms with Crippen molar-refractivity contribution < 1.29 is 8.42 Å². The Morgan fingerprint density at radius 2 is 1.84 bits per heavy atom. The summed E-state index contributed by atoms with van der Waals surface area (Å²) < 4.78 is 27.4. The van der Waals surface area contributed by atoms with E-state index in [-0.39, 0.29) is 0 Å². The van der Waals surface area contributed by atoms with Gasteiger partial charge in [-0.2, -0.15) is 9.57 Å². The van der Waals surface area contributed by atoms with Gasteiger partial charge in [0.15, 0.2) is 0 Å². The van der Waals surface area contributed by atoms with Crippen molar-refractivity contribution in [2.75, 3.05) is 31.1 Å². The van der Waals surface area contributed by atoms with Crippen molar-refractivity contribution in [3.63, 3.8) is 0 Å². The molecule has 0 saturated carbocycles. The zero-order chi connectivity index (χ0) is 18.0. The lowest BCUT2D eigenvalue weighted by Gasteiger charge is -2.35. The lowest BCUT2D eigenvalue weighted by Crippen LogP contribution is -2.49. The Balaban J connectivity index is 1.79. The molecule has 1 saturated heterocycles. The fraction of sp³-hybridized carbons (Fsp3) is 0.333. The van der Waals surface area contributed by atoms with Gasteiger partial charge in [-0.15, -0.1) is 0 Å². The summed E-state index contributed by atoms with van der Waals surface area (Å²) in [6, 6.07) is 11.0. The molecule has 1 aromatic heterocycles. The average molecular weight is 356 g/mol. The lowest BCUT2D eigenvalue weighted by atomic mass is 10.2. The van der Waals surface area contributed by atoms with Crippen LogP contribution in [-0.2, 0) is 10.0 Å². The average Bonchev–Trinajstić information content (AvgIpc) is 2.61. The van der Waals surface area contributed by atoms with Gasteiger partial charge in [0.1, 0.15) is 11.9 Å². The number of hydrogen-bond acceptors (Lipinski definition) is 5. The molecule has 0 atom stereocenters. The molecule has 0 N–H and O–H groups in total. The zero-order valence-electron chi connectivity index (χ0n) is 14.3. The molecule has 7 heteroatoms. The van der Waals surface area contributed by atoms with Gasteiger partial charge in [-0.1, -0.05) is 17.7 Å². The number of pyridine rings is 1. The number of nitriles is 1. The molecule has 1 aliphatic heterocycles. The summed E-state index contributed by atoms with van der Waals surface area (Å²) in [4.78, 5) is 6.61. The molecule has 0 amide bonds. The molecular weight excluding hydrogens is 336 g/mol. The monoisotopic (exact) mass is 356 g/mol. The summed E-state index contributed by atoms with van der Waals surface area (Å²) in [5.41, 5.74) is 2.31. The molecule has 3 rings (SSSR count). The Bertz CT molecular complexity index is 926. The first-order valence-corrected chi connectivity index (χ1v) is 9.55. The molecule has 1 aliphatic rings. The predicted molar refractivity (Wildman–Crippen MR) is 95.8 cm³/mol. The van der Waals surface area contributed by atoms with E-state index in [4.69, 9.17) is 0 Å². The van der Waals surface area contributed by atoms with Crippen LogP contribution in [0, 0.1) is 25.2 Å². The standard InChI is InChI=1S/C18H20N4O2S/c1-14-5-6-17(15(2)12-14)25(23,24)22-10-8-21(9-11-22)18-16(13-19)4-3-7-20-18/h3-7,12H,8-11H2,1-2H3. The minimum atomic E-state index is -3.51.